The van der Waals surface area contributed by atoms with Crippen molar-refractivity contribution in [3.63, 3.8) is 0 Å². The predicted octanol–water partition coefficient (Wildman–Crippen LogP) is 2.60. The lowest BCUT2D eigenvalue weighted by Crippen LogP contribution is -2.52. The van der Waals surface area contributed by atoms with Crippen molar-refractivity contribution >= 4 is 5.78 Å². The molecule has 2 heteroatoms. The van der Waals surface area contributed by atoms with Gasteiger partial charge in [-0.2, -0.15) is 0 Å². The first-order valence-electron chi connectivity index (χ1n) is 7.34. The standard InChI is InChI=1S/C16H21NO/c1-9-12-4-5-14-13-8-11(18)7-10(13)3-2-6-16(14,17)15(9)12/h3,8-9,12,14-15H,2,4-7,17H2,1H3. The summed E-state index contributed by atoms with van der Waals surface area (Å²) in [5.74, 6) is 3.11. The Bertz CT molecular complexity index is 489. The highest BCUT2D eigenvalue weighted by Crippen LogP contribution is 2.64. The molecule has 0 aromatic heterocycles. The summed E-state index contributed by atoms with van der Waals surface area (Å²) >= 11 is 0. The van der Waals surface area contributed by atoms with Crippen molar-refractivity contribution in [1.82, 2.24) is 0 Å². The van der Waals surface area contributed by atoms with Gasteiger partial charge in [-0.15, -0.1) is 0 Å². The Hall–Kier alpha value is -0.890. The summed E-state index contributed by atoms with van der Waals surface area (Å²) in [7, 11) is 0. The van der Waals surface area contributed by atoms with E-state index in [2.05, 4.69) is 13.0 Å². The third-order valence-corrected chi connectivity index (χ3v) is 6.02. The van der Waals surface area contributed by atoms with Crippen molar-refractivity contribution in [1.29, 1.82) is 0 Å². The minimum atomic E-state index is -0.0307. The maximum absolute atomic E-state index is 11.7. The summed E-state index contributed by atoms with van der Waals surface area (Å²) in [5.41, 5.74) is 9.42. The second-order valence-corrected chi connectivity index (χ2v) is 6.80. The molecular weight excluding hydrogens is 222 g/mol. The molecule has 4 aliphatic rings. The summed E-state index contributed by atoms with van der Waals surface area (Å²) in [4.78, 5) is 11.7. The van der Waals surface area contributed by atoms with Gasteiger partial charge in [0.1, 0.15) is 0 Å². The van der Waals surface area contributed by atoms with Crippen LogP contribution in [0, 0.1) is 23.7 Å². The van der Waals surface area contributed by atoms with Gasteiger partial charge in [0.2, 0.25) is 0 Å². The van der Waals surface area contributed by atoms with E-state index in [0.29, 0.717) is 18.3 Å². The van der Waals surface area contributed by atoms with Gasteiger partial charge in [-0.3, -0.25) is 4.79 Å². The smallest absolute Gasteiger partial charge is 0.160 e. The number of fused-ring (bicyclic) bond motifs is 5. The van der Waals surface area contributed by atoms with Gasteiger partial charge in [-0.05, 0) is 60.7 Å². The zero-order valence-electron chi connectivity index (χ0n) is 11.0. The second kappa shape index (κ2) is 3.36. The van der Waals surface area contributed by atoms with Gasteiger partial charge in [-0.1, -0.05) is 13.0 Å². The summed E-state index contributed by atoms with van der Waals surface area (Å²) < 4.78 is 0. The van der Waals surface area contributed by atoms with Crippen LogP contribution < -0.4 is 5.73 Å². The van der Waals surface area contributed by atoms with Crippen LogP contribution in [0.3, 0.4) is 0 Å². The molecular formula is C16H21NO. The molecule has 2 fully saturated rings. The summed E-state index contributed by atoms with van der Waals surface area (Å²) in [6.45, 7) is 2.36. The zero-order valence-corrected chi connectivity index (χ0v) is 11.0. The molecule has 2 saturated carbocycles. The van der Waals surface area contributed by atoms with Crippen molar-refractivity contribution < 1.29 is 4.79 Å². The molecule has 96 valence electrons. The summed E-state index contributed by atoms with van der Waals surface area (Å²) in [6.07, 6.45) is 9.49. The molecule has 0 radical (unpaired) electrons. The van der Waals surface area contributed by atoms with Crippen LogP contribution in [0.5, 0.6) is 0 Å². The van der Waals surface area contributed by atoms with Crippen molar-refractivity contribution in [3.8, 4) is 0 Å². The van der Waals surface area contributed by atoms with Crippen molar-refractivity contribution in [2.75, 3.05) is 0 Å². The van der Waals surface area contributed by atoms with Crippen LogP contribution in [0.1, 0.15) is 39.0 Å². The SMILES string of the molecule is CC1C2CCC3C4=CC(=O)CC4=CCCC3(N)C12. The highest BCUT2D eigenvalue weighted by molar-refractivity contribution is 5.97. The highest BCUT2D eigenvalue weighted by Gasteiger charge is 2.62. The largest absolute Gasteiger partial charge is 0.324 e. The highest BCUT2D eigenvalue weighted by atomic mass is 16.1. The van der Waals surface area contributed by atoms with E-state index in [4.69, 9.17) is 5.73 Å². The van der Waals surface area contributed by atoms with Gasteiger partial charge in [-0.25, -0.2) is 0 Å². The Morgan fingerprint density at radius 2 is 2.22 bits per heavy atom. The van der Waals surface area contributed by atoms with E-state index in [1.54, 1.807) is 0 Å². The number of carbonyl (C=O) groups excluding carboxylic acids is 1. The molecule has 0 spiro atoms. The Balaban J connectivity index is 1.78. The molecule has 18 heavy (non-hydrogen) atoms. The lowest BCUT2D eigenvalue weighted by Gasteiger charge is -2.41. The van der Waals surface area contributed by atoms with Gasteiger partial charge in [0.05, 0.1) is 0 Å². The third-order valence-electron chi connectivity index (χ3n) is 6.02. The molecule has 5 unspecified atom stereocenters. The van der Waals surface area contributed by atoms with Crippen LogP contribution >= 0.6 is 0 Å². The third kappa shape index (κ3) is 1.25. The summed E-state index contributed by atoms with van der Waals surface area (Å²) in [5, 5.41) is 0. The number of ketones is 1. The van der Waals surface area contributed by atoms with Crippen LogP contribution in [0.4, 0.5) is 0 Å². The van der Waals surface area contributed by atoms with Gasteiger partial charge >= 0.3 is 0 Å². The van der Waals surface area contributed by atoms with E-state index < -0.39 is 0 Å². The van der Waals surface area contributed by atoms with Gasteiger partial charge < -0.3 is 5.73 Å². The molecule has 0 bridgehead atoms. The number of hydrogen-bond acceptors (Lipinski definition) is 2. The van der Waals surface area contributed by atoms with E-state index in [-0.39, 0.29) is 11.3 Å². The van der Waals surface area contributed by atoms with E-state index in [1.165, 1.54) is 24.0 Å². The molecule has 5 atom stereocenters. The fourth-order valence-electron chi connectivity index (χ4n) is 5.14. The molecule has 4 aliphatic carbocycles. The number of rotatable bonds is 0. The number of nitrogens with two attached hydrogens (primary N) is 1. The second-order valence-electron chi connectivity index (χ2n) is 6.80. The monoisotopic (exact) mass is 243 g/mol. The average molecular weight is 243 g/mol. The quantitative estimate of drug-likeness (QED) is 0.710. The number of hydrogen-bond donors (Lipinski definition) is 1. The van der Waals surface area contributed by atoms with Crippen molar-refractivity contribution in [2.45, 2.75) is 44.6 Å². The van der Waals surface area contributed by atoms with Crippen LogP contribution in [-0.2, 0) is 4.79 Å². The molecule has 0 amide bonds. The van der Waals surface area contributed by atoms with Crippen LogP contribution in [0.2, 0.25) is 0 Å². The lowest BCUT2D eigenvalue weighted by atomic mass is 9.68. The van der Waals surface area contributed by atoms with E-state index in [9.17, 15) is 4.79 Å². The van der Waals surface area contributed by atoms with Gasteiger partial charge in [0.15, 0.2) is 5.78 Å². The molecule has 0 saturated heterocycles. The first kappa shape index (κ1) is 11.0. The molecule has 2 nitrogen and oxygen atoms in total. The molecule has 0 aliphatic heterocycles. The molecule has 2 N–H and O–H groups in total. The van der Waals surface area contributed by atoms with E-state index in [0.717, 1.165) is 24.7 Å². The molecule has 4 rings (SSSR count). The number of allylic oxidation sites excluding steroid dienone is 3. The maximum Gasteiger partial charge on any atom is 0.160 e. The molecule has 0 aromatic rings. The molecule has 0 heterocycles. The first-order chi connectivity index (χ1) is 8.61. The molecule has 0 aromatic carbocycles. The van der Waals surface area contributed by atoms with E-state index in [1.807, 2.05) is 6.08 Å². The Labute approximate surface area is 108 Å². The minimum Gasteiger partial charge on any atom is -0.324 e. The van der Waals surface area contributed by atoms with Gasteiger partial charge in [0.25, 0.3) is 0 Å². The summed E-state index contributed by atoms with van der Waals surface area (Å²) in [6, 6.07) is 0. The van der Waals surface area contributed by atoms with Crippen molar-refractivity contribution in [2.24, 2.45) is 29.4 Å². The fraction of sp³-hybridized carbons (Fsp3) is 0.688. The minimum absolute atomic E-state index is 0.0307. The Morgan fingerprint density at radius 1 is 1.39 bits per heavy atom. The maximum atomic E-state index is 11.7. The van der Waals surface area contributed by atoms with Crippen molar-refractivity contribution in [3.05, 3.63) is 23.3 Å². The first-order valence-corrected chi connectivity index (χ1v) is 7.34. The predicted molar refractivity (Wildman–Crippen MR) is 70.8 cm³/mol. The van der Waals surface area contributed by atoms with Crippen LogP contribution in [-0.4, -0.2) is 11.3 Å². The zero-order chi connectivity index (χ0) is 12.5. The normalized spacial score (nSPS) is 49.6. The number of carbonyl (C=O) groups is 1. The fourth-order valence-corrected chi connectivity index (χ4v) is 5.14. The van der Waals surface area contributed by atoms with Crippen LogP contribution in [0.25, 0.3) is 0 Å². The Morgan fingerprint density at radius 3 is 3.06 bits per heavy atom. The van der Waals surface area contributed by atoms with Crippen LogP contribution in [0.15, 0.2) is 23.3 Å². The lowest BCUT2D eigenvalue weighted by molar-refractivity contribution is -0.113. The Kier molecular flexibility index (Phi) is 2.05. The van der Waals surface area contributed by atoms with E-state index >= 15 is 0 Å². The topological polar surface area (TPSA) is 43.1 Å². The average Bonchev–Trinajstić information content (AvgIpc) is 2.88. The van der Waals surface area contributed by atoms with Gasteiger partial charge in [0, 0.05) is 17.9 Å².